The van der Waals surface area contributed by atoms with E-state index in [-0.39, 0.29) is 112 Å². The van der Waals surface area contributed by atoms with Crippen molar-refractivity contribution in [2.45, 2.75) is 259 Å². The van der Waals surface area contributed by atoms with Crippen LogP contribution >= 0.6 is 0 Å². The number of hydrogen-bond acceptors (Lipinski definition) is 9. The van der Waals surface area contributed by atoms with E-state index in [1.54, 1.807) is 18.2 Å². The number of aliphatic hydroxyl groups is 3. The van der Waals surface area contributed by atoms with E-state index in [0.717, 1.165) is 104 Å². The van der Waals surface area contributed by atoms with Gasteiger partial charge in [-0.3, -0.25) is 29.3 Å². The molecule has 3 fully saturated rings. The molecule has 0 bridgehead atoms. The summed E-state index contributed by atoms with van der Waals surface area (Å²) in [6.07, 6.45) is 26.9. The van der Waals surface area contributed by atoms with Gasteiger partial charge in [-0.2, -0.15) is 0 Å². The van der Waals surface area contributed by atoms with E-state index in [0.29, 0.717) is 74.0 Å². The first-order valence-electron chi connectivity index (χ1n) is 45.5. The van der Waals surface area contributed by atoms with Gasteiger partial charge in [0.15, 0.2) is 17.3 Å². The van der Waals surface area contributed by atoms with Crippen LogP contribution < -0.4 is 0 Å². The summed E-state index contributed by atoms with van der Waals surface area (Å²) in [6.45, 7) is 23.3. The Morgan fingerprint density at radius 1 is 0.368 bits per heavy atom. The average molecular weight is 2080 g/mol. The van der Waals surface area contributed by atoms with Gasteiger partial charge in [0.25, 0.3) is 0 Å². The van der Waals surface area contributed by atoms with Gasteiger partial charge in [0.05, 0.1) is 33.8 Å². The van der Waals surface area contributed by atoms with Crippen molar-refractivity contribution in [1.82, 2.24) is 15.0 Å². The van der Waals surface area contributed by atoms with Crippen molar-refractivity contribution in [2.75, 3.05) is 0 Å². The van der Waals surface area contributed by atoms with Crippen LogP contribution in [0.1, 0.15) is 261 Å². The predicted octanol–water partition coefficient (Wildman–Crippen LogP) is 27.4. The second-order valence-electron chi connectivity index (χ2n) is 34.0. The summed E-state index contributed by atoms with van der Waals surface area (Å²) < 4.78 is 69.1. The van der Waals surface area contributed by atoms with E-state index in [9.17, 15) is 29.7 Å². The standard InChI is InChI=1S/C24H26N.C23H24N.C22H22N.3C11H20O2.3Ir/c1-17-13-18(2)15-21(14-17)23-12-11-22-20(9-6-10-24(22)25-23)16-19-7-4-3-5-8-19;1-16-12-17(2)14-20(13-16)22-11-10-21-19(8-5-9-23(21)24-22)15-18-6-3-4-7-18;1-15-11-16(2)13-19(12-15)21-10-9-20-18(14-17-5-3-6-17)7-4-8-22(20)23-21;3*1-8(2)5-10(12)7-11(13)6-9(3)4;;;/h6,9-14,19H,3-5,7-8,16H2,1-2H3;5,8-13,18H,3-4,6-7,15H2,1-2H3;4,7-12,17H,3,5-6,14H2,1-2H3;3*7-9,12H,5-6H2,1-4H3;;;/q3*-1;;;;;;/i3*2D3;;;;;;. The molecule has 6 aromatic carbocycles. The molecule has 3 aliphatic rings. The topological polar surface area (TPSA) is 151 Å². The number of ketones is 3. The second kappa shape index (κ2) is 50.7. The van der Waals surface area contributed by atoms with E-state index in [1.165, 1.54) is 128 Å². The third kappa shape index (κ3) is 35.5. The number of hydrogen-bond donors (Lipinski definition) is 3. The number of aryl methyl sites for hydroxylation is 6. The molecule has 12 heteroatoms. The molecule has 3 radical (unpaired) electrons. The zero-order valence-electron chi connectivity index (χ0n) is 79.3. The van der Waals surface area contributed by atoms with Gasteiger partial charge in [-0.05, 0) is 124 Å². The van der Waals surface area contributed by atoms with Crippen molar-refractivity contribution in [2.24, 2.45) is 53.3 Å². The number of carbonyl (C=O) groups excluding carboxylic acids is 3. The first-order valence-corrected chi connectivity index (χ1v) is 41.0. The molecule has 3 aliphatic carbocycles. The molecule has 0 saturated heterocycles. The monoisotopic (exact) mass is 2080 g/mol. The van der Waals surface area contributed by atoms with Crippen molar-refractivity contribution in [3.05, 3.63) is 231 Å². The molecule has 12 rings (SSSR count). The Hall–Kier alpha value is -6.87. The Bertz CT molecular complexity index is 4850. The Balaban J connectivity index is 0.000000319. The van der Waals surface area contributed by atoms with Gasteiger partial charge in [-0.15, -0.1) is 105 Å². The number of nitrogens with zero attached hydrogens (tertiary/aromatic N) is 3. The van der Waals surface area contributed by atoms with E-state index in [1.807, 2.05) is 158 Å². The van der Waals surface area contributed by atoms with E-state index in [4.69, 9.17) is 27.3 Å². The first-order chi connectivity index (χ1) is 56.4. The minimum atomic E-state index is -2.16. The predicted molar refractivity (Wildman–Crippen MR) is 467 cm³/mol. The number of aliphatic hydroxyl groups excluding tert-OH is 3. The van der Waals surface area contributed by atoms with Gasteiger partial charge in [-0.1, -0.05) is 274 Å². The van der Waals surface area contributed by atoms with Crippen molar-refractivity contribution >= 4 is 50.1 Å². The van der Waals surface area contributed by atoms with Crippen LogP contribution in [-0.2, 0) is 94.0 Å². The number of fused-ring (bicyclic) bond motifs is 3. The fraction of sp³-hybridized carbons (Fsp3) is 0.471. The minimum Gasteiger partial charge on any atom is -0.512 e. The summed E-state index contributed by atoms with van der Waals surface area (Å²) >= 11 is 0. The molecule has 114 heavy (non-hydrogen) atoms. The van der Waals surface area contributed by atoms with Crippen LogP contribution in [0, 0.1) is 113 Å². The summed E-state index contributed by atoms with van der Waals surface area (Å²) in [5.41, 5.74) is 15.0. The second-order valence-corrected chi connectivity index (χ2v) is 34.0. The maximum Gasteiger partial charge on any atom is 0.159 e. The molecule has 621 valence electrons. The van der Waals surface area contributed by atoms with E-state index >= 15 is 0 Å². The SMILES string of the molecule is CC(C)CC(=O)C=C(O)CC(C)C.CC(C)CC(=O)C=C(O)CC(C)C.CC(C)CC(=O)C=C(O)CC(C)C.[2H]C([2H])([2H])c1[c-]c(-c2ccc3c(CC4CCC4)cccc3n2)cc(C)c1.[2H]C([2H])([2H])c1[c-]c(-c2ccc3c(CC4CCCC4)cccc3n2)cc(C)c1.[2H]C([2H])([2H])c1[c-]c(-c2ccc3c(CC4CCCCC4)cccc3n2)cc(C)c1.[Ir].[Ir].[Ir]. The molecule has 0 aliphatic heterocycles. The van der Waals surface area contributed by atoms with E-state index in [2.05, 4.69) is 72.8 Å². The maximum atomic E-state index is 11.2. The Morgan fingerprint density at radius 3 is 0.860 bits per heavy atom. The molecule has 0 amide bonds. The third-order valence-corrected chi connectivity index (χ3v) is 19.9. The number of benzene rings is 6. The van der Waals surface area contributed by atoms with Gasteiger partial charge in [0.1, 0.15) is 0 Å². The van der Waals surface area contributed by atoms with Crippen LogP contribution in [0.2, 0.25) is 0 Å². The summed E-state index contributed by atoms with van der Waals surface area (Å²) in [4.78, 5) is 48.1. The van der Waals surface area contributed by atoms with Gasteiger partial charge in [-0.25, -0.2) is 0 Å². The van der Waals surface area contributed by atoms with Crippen LogP contribution in [0.5, 0.6) is 0 Å². The Labute approximate surface area is 739 Å². The smallest absolute Gasteiger partial charge is 0.159 e. The summed E-state index contributed by atoms with van der Waals surface area (Å²) in [5.74, 6) is 5.33. The molecule has 9 aromatic rings. The van der Waals surface area contributed by atoms with Crippen LogP contribution in [0.4, 0.5) is 0 Å². The summed E-state index contributed by atoms with van der Waals surface area (Å²) in [5, 5.41) is 31.6. The van der Waals surface area contributed by atoms with Gasteiger partial charge >= 0.3 is 0 Å². The quantitative estimate of drug-likeness (QED) is 0.0305. The van der Waals surface area contributed by atoms with Crippen LogP contribution in [0.25, 0.3) is 66.5 Å². The first kappa shape index (κ1) is 85.0. The molecule has 0 unspecified atom stereocenters. The molecule has 3 N–H and O–H groups in total. The maximum absolute atomic E-state index is 11.2. The molecule has 0 spiro atoms. The number of pyridine rings is 3. The molecule has 3 aromatic heterocycles. The number of carbonyl (C=O) groups is 3. The summed E-state index contributed by atoms with van der Waals surface area (Å²) in [6, 6.07) is 51.4. The molecule has 0 atom stereocenters. The Morgan fingerprint density at radius 2 is 0.623 bits per heavy atom. The number of rotatable bonds is 24. The number of aromatic nitrogens is 3. The normalized spacial score (nSPS) is 15.4. The molecular weight excluding hydrogens is 1940 g/mol. The molecule has 3 heterocycles. The number of allylic oxidation sites excluding steroid dienone is 6. The Kier molecular flexibility index (Phi) is 37.8. The van der Waals surface area contributed by atoms with Gasteiger partial charge < -0.3 is 15.3 Å². The van der Waals surface area contributed by atoms with Crippen LogP contribution in [-0.4, -0.2) is 47.6 Å². The van der Waals surface area contributed by atoms with Gasteiger partial charge in [0.2, 0.25) is 0 Å². The molecule has 3 saturated carbocycles. The molecular formula is C102H132Ir3N3O6-3. The van der Waals surface area contributed by atoms with Gasteiger partial charge in [0, 0.05) is 146 Å². The third-order valence-electron chi connectivity index (χ3n) is 19.9. The van der Waals surface area contributed by atoms with Crippen LogP contribution in [0.3, 0.4) is 0 Å². The average Bonchev–Trinajstić information content (AvgIpc) is 1.20. The van der Waals surface area contributed by atoms with E-state index < -0.39 is 20.6 Å². The minimum absolute atomic E-state index is 0. The zero-order chi connectivity index (χ0) is 88.3. The molecule has 9 nitrogen and oxygen atoms in total. The van der Waals surface area contributed by atoms with Crippen molar-refractivity contribution in [3.8, 4) is 33.8 Å². The van der Waals surface area contributed by atoms with Crippen molar-refractivity contribution in [1.29, 1.82) is 0 Å². The largest absolute Gasteiger partial charge is 0.512 e. The van der Waals surface area contributed by atoms with Crippen molar-refractivity contribution < 1.29 is 102 Å². The van der Waals surface area contributed by atoms with Crippen molar-refractivity contribution in [3.63, 3.8) is 0 Å². The summed E-state index contributed by atoms with van der Waals surface area (Å²) in [7, 11) is 0. The fourth-order valence-electron chi connectivity index (χ4n) is 14.8. The zero-order valence-corrected chi connectivity index (χ0v) is 77.5. The fourth-order valence-corrected chi connectivity index (χ4v) is 14.8. The van der Waals surface area contributed by atoms with Crippen LogP contribution in [0.15, 0.2) is 163 Å².